The highest BCUT2D eigenvalue weighted by molar-refractivity contribution is 6.07. The van der Waals surface area contributed by atoms with Gasteiger partial charge in [-0.3, -0.25) is 9.08 Å². The van der Waals surface area contributed by atoms with Gasteiger partial charge in [-0.15, -0.1) is 0 Å². The maximum Gasteiger partial charge on any atom is 0.216 e. The van der Waals surface area contributed by atoms with Gasteiger partial charge < -0.3 is 5.32 Å². The molecule has 0 atom stereocenters. The van der Waals surface area contributed by atoms with Crippen LogP contribution in [0.3, 0.4) is 0 Å². The molecule has 0 unspecified atom stereocenters. The van der Waals surface area contributed by atoms with Crippen molar-refractivity contribution in [1.29, 1.82) is 0 Å². The van der Waals surface area contributed by atoms with E-state index in [1.807, 2.05) is 0 Å². The first-order chi connectivity index (χ1) is 3.77. The molecule has 0 aromatic heterocycles. The summed E-state index contributed by atoms with van der Waals surface area (Å²) < 4.78 is 4.15. The van der Waals surface area contributed by atoms with Crippen LogP contribution in [0, 0.1) is 0 Å². The summed E-state index contributed by atoms with van der Waals surface area (Å²) in [5.41, 5.74) is 0. The Bertz CT molecular complexity index is 76.4. The van der Waals surface area contributed by atoms with E-state index < -0.39 is 0 Å². The quantitative estimate of drug-likeness (QED) is 0.568. The lowest BCUT2D eigenvalue weighted by atomic mass is 10.6. The standard InChI is InChI=1S/C4H8ClNO2/c1-4(7)6-2-3-8-5/h2-3H2,1H3,(H,6,7). The number of hydrogen-bond acceptors (Lipinski definition) is 2. The Hall–Kier alpha value is -0.280. The summed E-state index contributed by atoms with van der Waals surface area (Å²) in [4.78, 5) is 10.1. The highest BCUT2D eigenvalue weighted by atomic mass is 35.5. The third kappa shape index (κ3) is 5.72. The lowest BCUT2D eigenvalue weighted by Gasteiger charge is -1.95. The van der Waals surface area contributed by atoms with Crippen molar-refractivity contribution in [2.75, 3.05) is 13.2 Å². The third-order valence-corrected chi connectivity index (χ3v) is 0.707. The van der Waals surface area contributed by atoms with E-state index in [0.717, 1.165) is 0 Å². The Morgan fingerprint density at radius 2 is 2.50 bits per heavy atom. The molecule has 0 aliphatic heterocycles. The minimum absolute atomic E-state index is 0.0706. The molecule has 0 aliphatic rings. The van der Waals surface area contributed by atoms with Crippen molar-refractivity contribution >= 4 is 17.8 Å². The first-order valence-corrected chi connectivity index (χ1v) is 2.56. The molecule has 0 spiro atoms. The second-order valence-electron chi connectivity index (χ2n) is 1.30. The summed E-state index contributed by atoms with van der Waals surface area (Å²) in [5, 5.41) is 2.50. The highest BCUT2D eigenvalue weighted by Gasteiger charge is 1.86. The van der Waals surface area contributed by atoms with Crippen LogP contribution in [0.5, 0.6) is 0 Å². The zero-order valence-corrected chi connectivity index (χ0v) is 5.36. The normalized spacial score (nSPS) is 8.75. The van der Waals surface area contributed by atoms with Crippen molar-refractivity contribution < 1.29 is 9.08 Å². The molecule has 48 valence electrons. The Morgan fingerprint density at radius 1 is 1.88 bits per heavy atom. The largest absolute Gasteiger partial charge is 0.354 e. The summed E-state index contributed by atoms with van der Waals surface area (Å²) in [7, 11) is 0. The predicted octanol–water partition coefficient (Wildman–Crippen LogP) is 0.293. The Balaban J connectivity index is 2.82. The lowest BCUT2D eigenvalue weighted by Crippen LogP contribution is -2.23. The van der Waals surface area contributed by atoms with Crippen LogP contribution in [0.1, 0.15) is 6.92 Å². The predicted molar refractivity (Wildman–Crippen MR) is 30.5 cm³/mol. The summed E-state index contributed by atoms with van der Waals surface area (Å²) in [6, 6.07) is 0. The molecule has 0 rings (SSSR count). The number of carbonyl (C=O) groups is 1. The molecular formula is C4H8ClNO2. The van der Waals surface area contributed by atoms with Gasteiger partial charge in [0.1, 0.15) is 0 Å². The van der Waals surface area contributed by atoms with E-state index in [0.29, 0.717) is 13.2 Å². The average molecular weight is 138 g/mol. The second-order valence-corrected chi connectivity index (χ2v) is 1.51. The van der Waals surface area contributed by atoms with Gasteiger partial charge in [0.2, 0.25) is 5.91 Å². The Kier molecular flexibility index (Phi) is 4.70. The molecule has 0 saturated carbocycles. The fourth-order valence-corrected chi connectivity index (χ4v) is 0.343. The first-order valence-electron chi connectivity index (χ1n) is 2.25. The molecule has 0 fully saturated rings. The molecule has 0 aromatic carbocycles. The zero-order chi connectivity index (χ0) is 6.41. The molecule has 0 saturated heterocycles. The van der Waals surface area contributed by atoms with Gasteiger partial charge in [-0.25, -0.2) is 0 Å². The first kappa shape index (κ1) is 7.72. The van der Waals surface area contributed by atoms with Gasteiger partial charge in [0.05, 0.1) is 18.5 Å². The van der Waals surface area contributed by atoms with Gasteiger partial charge in [0, 0.05) is 13.5 Å². The van der Waals surface area contributed by atoms with E-state index >= 15 is 0 Å². The van der Waals surface area contributed by atoms with E-state index in [1.54, 1.807) is 0 Å². The van der Waals surface area contributed by atoms with E-state index in [2.05, 4.69) is 9.61 Å². The van der Waals surface area contributed by atoms with Crippen molar-refractivity contribution in [3.05, 3.63) is 0 Å². The number of nitrogens with one attached hydrogen (secondary N) is 1. The average Bonchev–Trinajstić information content (AvgIpc) is 1.66. The van der Waals surface area contributed by atoms with Crippen molar-refractivity contribution in [2.45, 2.75) is 6.92 Å². The SMILES string of the molecule is CC(=O)NCCOCl. The van der Waals surface area contributed by atoms with Gasteiger partial charge in [0.15, 0.2) is 0 Å². The van der Waals surface area contributed by atoms with Crippen LogP contribution < -0.4 is 5.32 Å². The van der Waals surface area contributed by atoms with Gasteiger partial charge >= 0.3 is 0 Å². The maximum atomic E-state index is 10.1. The minimum atomic E-state index is -0.0706. The number of amides is 1. The monoisotopic (exact) mass is 137 g/mol. The molecule has 0 heterocycles. The zero-order valence-electron chi connectivity index (χ0n) is 4.61. The van der Waals surface area contributed by atoms with Crippen molar-refractivity contribution in [1.82, 2.24) is 5.32 Å². The molecule has 4 heteroatoms. The van der Waals surface area contributed by atoms with Crippen LogP contribution in [0.15, 0.2) is 0 Å². The second kappa shape index (κ2) is 4.87. The minimum Gasteiger partial charge on any atom is -0.354 e. The van der Waals surface area contributed by atoms with E-state index in [-0.39, 0.29) is 5.91 Å². The van der Waals surface area contributed by atoms with Gasteiger partial charge in [0.25, 0.3) is 0 Å². The van der Waals surface area contributed by atoms with Crippen LogP contribution in [0.25, 0.3) is 0 Å². The summed E-state index contributed by atoms with van der Waals surface area (Å²) >= 11 is 4.83. The summed E-state index contributed by atoms with van der Waals surface area (Å²) in [5.74, 6) is -0.0706. The molecule has 1 N–H and O–H groups in total. The molecule has 3 nitrogen and oxygen atoms in total. The van der Waals surface area contributed by atoms with Crippen molar-refractivity contribution in [2.24, 2.45) is 0 Å². The van der Waals surface area contributed by atoms with Crippen LogP contribution in [0.2, 0.25) is 0 Å². The number of hydrogen-bond donors (Lipinski definition) is 1. The van der Waals surface area contributed by atoms with Crippen LogP contribution in [-0.2, 0) is 9.08 Å². The molecule has 0 bridgehead atoms. The molecule has 1 amide bonds. The third-order valence-electron chi connectivity index (χ3n) is 0.553. The lowest BCUT2D eigenvalue weighted by molar-refractivity contribution is -0.119. The van der Waals surface area contributed by atoms with Gasteiger partial charge in [-0.2, -0.15) is 0 Å². The van der Waals surface area contributed by atoms with E-state index in [1.165, 1.54) is 6.92 Å². The molecule has 0 aromatic rings. The number of rotatable bonds is 3. The fourth-order valence-electron chi connectivity index (χ4n) is 0.266. The number of carbonyl (C=O) groups excluding carboxylic acids is 1. The van der Waals surface area contributed by atoms with Crippen LogP contribution >= 0.6 is 11.9 Å². The van der Waals surface area contributed by atoms with E-state index in [9.17, 15) is 4.79 Å². The smallest absolute Gasteiger partial charge is 0.216 e. The topological polar surface area (TPSA) is 38.3 Å². The van der Waals surface area contributed by atoms with Crippen molar-refractivity contribution in [3.63, 3.8) is 0 Å². The van der Waals surface area contributed by atoms with Gasteiger partial charge in [-0.05, 0) is 0 Å². The molecule has 0 radical (unpaired) electrons. The molecule has 0 aliphatic carbocycles. The summed E-state index contributed by atoms with van der Waals surface area (Å²) in [6.45, 7) is 2.26. The molecular weight excluding hydrogens is 130 g/mol. The number of halogens is 1. The summed E-state index contributed by atoms with van der Waals surface area (Å²) in [6.07, 6.45) is 0. The van der Waals surface area contributed by atoms with Crippen LogP contribution in [-0.4, -0.2) is 19.1 Å². The Labute approximate surface area is 53.1 Å². The van der Waals surface area contributed by atoms with Crippen molar-refractivity contribution in [3.8, 4) is 0 Å². The molecule has 8 heavy (non-hydrogen) atoms. The van der Waals surface area contributed by atoms with Crippen LogP contribution in [0.4, 0.5) is 0 Å². The highest BCUT2D eigenvalue weighted by Crippen LogP contribution is 1.74. The fraction of sp³-hybridized carbons (Fsp3) is 0.750. The van der Waals surface area contributed by atoms with Gasteiger partial charge in [-0.1, -0.05) is 0 Å². The maximum absolute atomic E-state index is 10.1. The Morgan fingerprint density at radius 3 is 2.88 bits per heavy atom. The van der Waals surface area contributed by atoms with E-state index in [4.69, 9.17) is 11.9 Å².